The molecule has 0 aliphatic carbocycles. The normalized spacial score (nSPS) is 22.6. The Bertz CT molecular complexity index is 2030. The van der Waals surface area contributed by atoms with Gasteiger partial charge in [-0.05, 0) is 102 Å². The molecule has 8 amide bonds. The number of carbonyl (C=O) groups is 10. The quantitative estimate of drug-likeness (QED) is 0.0185. The van der Waals surface area contributed by atoms with Crippen molar-refractivity contribution in [3.8, 4) is 0 Å². The van der Waals surface area contributed by atoms with E-state index >= 15 is 0 Å². The van der Waals surface area contributed by atoms with Crippen molar-refractivity contribution in [2.75, 3.05) is 13.2 Å². The first kappa shape index (κ1) is 69.0. The van der Waals surface area contributed by atoms with Crippen LogP contribution in [0.2, 0.25) is 0 Å². The van der Waals surface area contributed by atoms with Gasteiger partial charge in [0.2, 0.25) is 58.8 Å². The third kappa shape index (κ3) is 25.3. The molecule has 24 heteroatoms. The summed E-state index contributed by atoms with van der Waals surface area (Å²) in [6, 6.07) is -9.02. The highest BCUT2D eigenvalue weighted by Crippen LogP contribution is 2.25. The molecule has 0 aromatic carbocycles. The number of guanidine groups is 1. The molecule has 0 saturated carbocycles. The van der Waals surface area contributed by atoms with Crippen molar-refractivity contribution in [1.29, 1.82) is 5.41 Å². The molecule has 0 spiro atoms. The van der Waals surface area contributed by atoms with Crippen molar-refractivity contribution < 1.29 is 53.1 Å². The molecule has 1 aliphatic rings. The summed E-state index contributed by atoms with van der Waals surface area (Å²) in [7, 11) is 0. The number of allylic oxidation sites excluding steroid dienone is 2. The zero-order valence-electron chi connectivity index (χ0n) is 47.4. The van der Waals surface area contributed by atoms with Crippen LogP contribution in [0.4, 0.5) is 0 Å². The highest BCUT2D eigenvalue weighted by molar-refractivity contribution is 6.41. The van der Waals surface area contributed by atoms with Gasteiger partial charge in [0, 0.05) is 18.4 Å². The van der Waals surface area contributed by atoms with E-state index in [1.54, 1.807) is 34.6 Å². The topological polar surface area (TPSA) is 401 Å². The summed E-state index contributed by atoms with van der Waals surface area (Å²) in [5.41, 5.74) is 19.7. The molecule has 438 valence electrons. The van der Waals surface area contributed by atoms with Crippen LogP contribution in [-0.4, -0.2) is 131 Å². The third-order valence-electron chi connectivity index (χ3n) is 13.7. The van der Waals surface area contributed by atoms with E-state index in [0.717, 1.165) is 0 Å². The fourth-order valence-electron chi connectivity index (χ4n) is 8.49. The standard InChI is InChI=1S/C53H95N13O11/c1-11-13-21-36(45(72)62-39(30-67)47(74)59-35(44(55)71)22-20-27-58-51(56)57)60-48(75)41(33(7)12-2)64-50(77)53(10)26-19-17-15-14-16-18-25-52(8,9)49(76)63-38(29-32(5)6)46(73)61-37(28-31(3)4)43(70)42(69)34(65-66-53)23-24-40(54)68/h14-15,31-39,41,65-67H,11-13,16-30H2,1-10H3,(H2,54,68)(H2,55,71)(H,59,74)(H,60,75)(H,61,73)(H,62,72)(H,63,76)(H,64,77)(H4,56,57,58)/b15-14-/t33-,34-,35-,36-,37-,38-,39-,41-,53-/m0/s1. The molecule has 1 rings (SSSR count). The van der Waals surface area contributed by atoms with E-state index in [9.17, 15) is 53.1 Å². The SMILES string of the molecule is CCCC[C@H](NC(=O)[C@@H](NC(=O)[C@]1(C)CCC/C=C\CCCC(C)(C)C(=O)N[C@@H](CC(C)C)C(=O)N[C@@H](CC(C)C)C(=O)C(=O)[C@H](CCC(N)=O)NN1)[C@@H](C)CC)C(=O)N[C@@H](CO)C(=O)N[C@@H](CCCNC(=N)N)C(N)=O. The summed E-state index contributed by atoms with van der Waals surface area (Å²) in [6.45, 7) is 17.3. The van der Waals surface area contributed by atoms with Crippen molar-refractivity contribution in [2.24, 2.45) is 40.4 Å². The first-order valence-corrected chi connectivity index (χ1v) is 27.4. The number of aliphatic hydroxyl groups is 1. The van der Waals surface area contributed by atoms with Gasteiger partial charge in [-0.25, -0.2) is 10.9 Å². The van der Waals surface area contributed by atoms with Crippen molar-refractivity contribution >= 4 is 64.8 Å². The molecule has 24 nitrogen and oxygen atoms in total. The fraction of sp³-hybridized carbons (Fsp3) is 0.755. The van der Waals surface area contributed by atoms with E-state index < -0.39 is 119 Å². The van der Waals surface area contributed by atoms with Crippen molar-refractivity contribution in [2.45, 2.75) is 220 Å². The molecule has 0 aromatic rings. The van der Waals surface area contributed by atoms with E-state index in [1.807, 2.05) is 46.8 Å². The number of Topliss-reactive ketones (excluding diaryl/α,β-unsaturated/α-hetero) is 2. The second-order valence-electron chi connectivity index (χ2n) is 22.1. The Morgan fingerprint density at radius 1 is 0.727 bits per heavy atom. The van der Waals surface area contributed by atoms with Gasteiger partial charge in [-0.2, -0.15) is 0 Å². The number of nitrogens with two attached hydrogens (primary N) is 3. The molecule has 77 heavy (non-hydrogen) atoms. The van der Waals surface area contributed by atoms with Crippen LogP contribution in [0.3, 0.4) is 0 Å². The fourth-order valence-corrected chi connectivity index (χ4v) is 8.49. The summed E-state index contributed by atoms with van der Waals surface area (Å²) in [6.07, 6.45) is 8.31. The molecule has 0 aromatic heterocycles. The third-order valence-corrected chi connectivity index (χ3v) is 13.7. The molecule has 0 fully saturated rings. The Balaban J connectivity index is 3.70. The van der Waals surface area contributed by atoms with Gasteiger partial charge in [-0.3, -0.25) is 53.4 Å². The van der Waals surface area contributed by atoms with Gasteiger partial charge in [0.1, 0.15) is 35.7 Å². The summed E-state index contributed by atoms with van der Waals surface area (Å²) < 4.78 is 0. The first-order valence-electron chi connectivity index (χ1n) is 27.4. The van der Waals surface area contributed by atoms with E-state index in [1.165, 1.54) is 0 Å². The van der Waals surface area contributed by atoms with Crippen molar-refractivity contribution in [3.05, 3.63) is 12.2 Å². The lowest BCUT2D eigenvalue weighted by Crippen LogP contribution is -2.66. The van der Waals surface area contributed by atoms with Crippen LogP contribution in [0.15, 0.2) is 12.2 Å². The number of ketones is 2. The second kappa shape index (κ2) is 34.7. The Kier molecular flexibility index (Phi) is 31.1. The molecule has 0 bridgehead atoms. The number of hydrogen-bond acceptors (Lipinski definition) is 14. The predicted molar refractivity (Wildman–Crippen MR) is 292 cm³/mol. The van der Waals surface area contributed by atoms with E-state index in [4.69, 9.17) is 22.6 Å². The van der Waals surface area contributed by atoms with Gasteiger partial charge in [0.05, 0.1) is 18.7 Å². The number of rotatable bonds is 26. The zero-order chi connectivity index (χ0) is 58.6. The molecular formula is C53H95N13O11. The number of aliphatic hydroxyl groups excluding tert-OH is 1. The lowest BCUT2D eigenvalue weighted by atomic mass is 9.85. The van der Waals surface area contributed by atoms with Gasteiger partial charge in [-0.1, -0.05) is 93.7 Å². The van der Waals surface area contributed by atoms with Gasteiger partial charge in [0.15, 0.2) is 5.96 Å². The molecule has 0 saturated heterocycles. The first-order chi connectivity index (χ1) is 36.0. The van der Waals surface area contributed by atoms with Gasteiger partial charge >= 0.3 is 0 Å². The Labute approximate surface area is 455 Å². The monoisotopic (exact) mass is 1090 g/mol. The highest BCUT2D eigenvalue weighted by atomic mass is 16.3. The molecule has 1 heterocycles. The number of primary amides is 2. The average molecular weight is 1090 g/mol. The summed E-state index contributed by atoms with van der Waals surface area (Å²) in [5.74, 6) is -8.79. The minimum Gasteiger partial charge on any atom is -0.394 e. The average Bonchev–Trinajstić information content (AvgIpc) is 3.35. The molecule has 0 radical (unpaired) electrons. The largest absolute Gasteiger partial charge is 0.394 e. The molecular weight excluding hydrogens is 995 g/mol. The van der Waals surface area contributed by atoms with E-state index in [2.05, 4.69) is 48.1 Å². The van der Waals surface area contributed by atoms with Crippen LogP contribution in [-0.2, 0) is 47.9 Å². The minimum absolute atomic E-state index is 0.0301. The Morgan fingerprint density at radius 2 is 1.27 bits per heavy atom. The summed E-state index contributed by atoms with van der Waals surface area (Å²) in [5, 5.41) is 36.2. The zero-order valence-corrected chi connectivity index (χ0v) is 47.4. The van der Waals surface area contributed by atoms with Crippen LogP contribution in [0.25, 0.3) is 0 Å². The maximum atomic E-state index is 14.8. The van der Waals surface area contributed by atoms with Gasteiger partial charge in [0.25, 0.3) is 0 Å². The minimum atomic E-state index is -1.62. The van der Waals surface area contributed by atoms with Crippen molar-refractivity contribution in [3.63, 3.8) is 0 Å². The van der Waals surface area contributed by atoms with E-state index in [0.29, 0.717) is 51.4 Å². The summed E-state index contributed by atoms with van der Waals surface area (Å²) in [4.78, 5) is 137. The maximum Gasteiger partial charge on any atom is 0.245 e. The number of hydrazine groups is 1. The number of carbonyl (C=O) groups excluding carboxylic acids is 10. The van der Waals surface area contributed by atoms with Crippen LogP contribution in [0, 0.1) is 28.6 Å². The molecule has 9 atom stereocenters. The predicted octanol–water partition coefficient (Wildman–Crippen LogP) is 0.526. The second-order valence-corrected chi connectivity index (χ2v) is 22.1. The number of hydrogen-bond donors (Lipinski definition) is 14. The number of nitrogens with one attached hydrogen (secondary N) is 10. The lowest BCUT2D eigenvalue weighted by Gasteiger charge is -2.35. The number of amides is 8. The Hall–Kier alpha value is -6.01. The Morgan fingerprint density at radius 3 is 1.82 bits per heavy atom. The molecule has 17 N–H and O–H groups in total. The van der Waals surface area contributed by atoms with Crippen LogP contribution < -0.4 is 65.3 Å². The van der Waals surface area contributed by atoms with Gasteiger partial charge in [-0.15, -0.1) is 0 Å². The van der Waals surface area contributed by atoms with Gasteiger partial charge < -0.3 is 59.5 Å². The molecule has 0 unspecified atom stereocenters. The van der Waals surface area contributed by atoms with E-state index in [-0.39, 0.29) is 81.6 Å². The van der Waals surface area contributed by atoms with Crippen LogP contribution in [0.5, 0.6) is 0 Å². The van der Waals surface area contributed by atoms with Crippen LogP contribution in [0.1, 0.15) is 172 Å². The maximum absolute atomic E-state index is 14.8. The van der Waals surface area contributed by atoms with Crippen LogP contribution >= 0.6 is 0 Å². The highest BCUT2D eigenvalue weighted by Gasteiger charge is 2.41. The smallest absolute Gasteiger partial charge is 0.245 e. The lowest BCUT2D eigenvalue weighted by molar-refractivity contribution is -0.141. The summed E-state index contributed by atoms with van der Waals surface area (Å²) >= 11 is 0. The number of unbranched alkanes of at least 4 members (excludes halogenated alkanes) is 1. The molecule has 1 aliphatic heterocycles. The van der Waals surface area contributed by atoms with Crippen molar-refractivity contribution in [1.82, 2.24) is 48.1 Å².